The van der Waals surface area contributed by atoms with Gasteiger partial charge < -0.3 is 10.6 Å². The van der Waals surface area contributed by atoms with Crippen LogP contribution in [0.1, 0.15) is 36.3 Å². The van der Waals surface area contributed by atoms with Gasteiger partial charge in [-0.2, -0.15) is 0 Å². The molecule has 1 saturated carbocycles. The number of nitrogens with zero attached hydrogens (tertiary/aromatic N) is 1. The van der Waals surface area contributed by atoms with E-state index in [0.717, 1.165) is 6.42 Å². The Labute approximate surface area is 105 Å². The van der Waals surface area contributed by atoms with Gasteiger partial charge in [-0.25, -0.2) is 0 Å². The van der Waals surface area contributed by atoms with Crippen molar-refractivity contribution in [3.05, 3.63) is 35.4 Å². The van der Waals surface area contributed by atoms with Crippen molar-refractivity contribution in [3.8, 4) is 0 Å². The smallest absolute Gasteiger partial charge is 0.0246 e. The highest BCUT2D eigenvalue weighted by atomic mass is 15.1. The number of benzene rings is 1. The molecule has 0 heterocycles. The van der Waals surface area contributed by atoms with Crippen LogP contribution in [-0.4, -0.2) is 31.1 Å². The zero-order chi connectivity index (χ0) is 12.4. The van der Waals surface area contributed by atoms with Crippen molar-refractivity contribution in [2.24, 2.45) is 5.73 Å². The summed E-state index contributed by atoms with van der Waals surface area (Å²) in [4.78, 5) is 2.28. The molecule has 0 spiro atoms. The van der Waals surface area contributed by atoms with Crippen LogP contribution in [0.2, 0.25) is 0 Å². The van der Waals surface area contributed by atoms with Crippen molar-refractivity contribution < 1.29 is 0 Å². The third kappa shape index (κ3) is 2.88. The highest BCUT2D eigenvalue weighted by molar-refractivity contribution is 5.26. The van der Waals surface area contributed by atoms with Gasteiger partial charge in [0.15, 0.2) is 0 Å². The van der Waals surface area contributed by atoms with Gasteiger partial charge >= 0.3 is 0 Å². The third-order valence-electron chi connectivity index (χ3n) is 4.05. The summed E-state index contributed by atoms with van der Waals surface area (Å²) in [6, 6.07) is 9.79. The van der Waals surface area contributed by atoms with Crippen LogP contribution in [-0.2, 0) is 0 Å². The van der Waals surface area contributed by atoms with Crippen molar-refractivity contribution in [2.45, 2.75) is 44.2 Å². The predicted molar refractivity (Wildman–Crippen MR) is 73.2 cm³/mol. The summed E-state index contributed by atoms with van der Waals surface area (Å²) in [7, 11) is 4.28. The summed E-state index contributed by atoms with van der Waals surface area (Å²) >= 11 is 0. The highest BCUT2D eigenvalue weighted by Gasteiger charge is 2.30. The van der Waals surface area contributed by atoms with Crippen molar-refractivity contribution in [3.63, 3.8) is 0 Å². The van der Waals surface area contributed by atoms with E-state index >= 15 is 0 Å². The van der Waals surface area contributed by atoms with Gasteiger partial charge in [0.05, 0.1) is 0 Å². The van der Waals surface area contributed by atoms with E-state index in [1.807, 2.05) is 0 Å². The van der Waals surface area contributed by atoms with E-state index < -0.39 is 0 Å². The molecule has 2 heteroatoms. The van der Waals surface area contributed by atoms with Gasteiger partial charge in [-0.15, -0.1) is 0 Å². The minimum Gasteiger partial charge on any atom is -0.326 e. The molecule has 2 rings (SSSR count). The zero-order valence-electron chi connectivity index (χ0n) is 11.2. The molecule has 0 saturated heterocycles. The van der Waals surface area contributed by atoms with Crippen LogP contribution in [0.4, 0.5) is 0 Å². The van der Waals surface area contributed by atoms with Gasteiger partial charge in [-0.05, 0) is 51.8 Å². The molecule has 0 aliphatic heterocycles. The molecule has 1 aromatic carbocycles. The van der Waals surface area contributed by atoms with E-state index in [2.05, 4.69) is 50.2 Å². The molecule has 1 fully saturated rings. The van der Waals surface area contributed by atoms with Gasteiger partial charge in [-0.3, -0.25) is 0 Å². The molecule has 1 aromatic rings. The minimum absolute atomic E-state index is 0.339. The molecular formula is C15H24N2. The average molecular weight is 232 g/mol. The molecule has 94 valence electrons. The number of hydrogen-bond acceptors (Lipinski definition) is 2. The van der Waals surface area contributed by atoms with Crippen LogP contribution in [0.5, 0.6) is 0 Å². The molecule has 1 aliphatic carbocycles. The van der Waals surface area contributed by atoms with E-state index in [0.29, 0.717) is 18.0 Å². The summed E-state index contributed by atoms with van der Waals surface area (Å²) in [5.74, 6) is 0.682. The molecule has 0 bridgehead atoms. The lowest BCUT2D eigenvalue weighted by molar-refractivity contribution is 0.186. The van der Waals surface area contributed by atoms with E-state index in [-0.39, 0.29) is 0 Å². The molecule has 0 aromatic heterocycles. The first-order valence-corrected chi connectivity index (χ1v) is 6.56. The fourth-order valence-electron chi connectivity index (χ4n) is 2.99. The van der Waals surface area contributed by atoms with E-state index in [1.165, 1.54) is 24.0 Å². The Balaban J connectivity index is 2.13. The number of rotatable bonds is 2. The first-order chi connectivity index (χ1) is 8.08. The van der Waals surface area contributed by atoms with E-state index in [1.54, 1.807) is 0 Å². The quantitative estimate of drug-likeness (QED) is 0.849. The standard InChI is InChI=1S/C15H24N2/c1-11-5-4-6-12(9-11)13-7-8-14(16)15(10-13)17(2)3/h4-6,9,13-15H,7-8,10,16H2,1-3H3/t13-,14-,15-/m0/s1. The highest BCUT2D eigenvalue weighted by Crippen LogP contribution is 2.34. The van der Waals surface area contributed by atoms with Crippen LogP contribution in [0.3, 0.4) is 0 Å². The van der Waals surface area contributed by atoms with Gasteiger partial charge in [0, 0.05) is 12.1 Å². The maximum Gasteiger partial charge on any atom is 0.0246 e. The molecule has 0 amide bonds. The van der Waals surface area contributed by atoms with Crippen LogP contribution in [0.25, 0.3) is 0 Å². The zero-order valence-corrected chi connectivity index (χ0v) is 11.2. The number of nitrogens with two attached hydrogens (primary N) is 1. The summed E-state index contributed by atoms with van der Waals surface area (Å²) in [5, 5.41) is 0. The third-order valence-corrected chi connectivity index (χ3v) is 4.05. The molecule has 2 N–H and O–H groups in total. The van der Waals surface area contributed by atoms with Crippen molar-refractivity contribution in [1.82, 2.24) is 4.90 Å². The Bertz CT molecular complexity index is 373. The van der Waals surface area contributed by atoms with Crippen molar-refractivity contribution >= 4 is 0 Å². The van der Waals surface area contributed by atoms with Gasteiger partial charge in [0.1, 0.15) is 0 Å². The van der Waals surface area contributed by atoms with Crippen LogP contribution < -0.4 is 5.73 Å². The van der Waals surface area contributed by atoms with E-state index in [4.69, 9.17) is 5.73 Å². The van der Waals surface area contributed by atoms with E-state index in [9.17, 15) is 0 Å². The second kappa shape index (κ2) is 5.19. The fraction of sp³-hybridized carbons (Fsp3) is 0.600. The monoisotopic (exact) mass is 232 g/mol. The molecular weight excluding hydrogens is 208 g/mol. The molecule has 0 unspecified atom stereocenters. The molecule has 1 aliphatic rings. The molecule has 17 heavy (non-hydrogen) atoms. The first-order valence-electron chi connectivity index (χ1n) is 6.56. The largest absolute Gasteiger partial charge is 0.326 e. The summed E-state index contributed by atoms with van der Waals surface area (Å²) in [6.45, 7) is 2.17. The second-order valence-corrected chi connectivity index (χ2v) is 5.62. The van der Waals surface area contributed by atoms with Crippen LogP contribution in [0, 0.1) is 6.92 Å². The lowest BCUT2D eigenvalue weighted by Crippen LogP contribution is -2.47. The predicted octanol–water partition coefficient (Wildman–Crippen LogP) is 2.52. The minimum atomic E-state index is 0.339. The molecule has 0 radical (unpaired) electrons. The fourth-order valence-corrected chi connectivity index (χ4v) is 2.99. The number of likely N-dealkylation sites (N-methyl/N-ethyl adjacent to an activating group) is 1. The maximum absolute atomic E-state index is 6.21. The van der Waals surface area contributed by atoms with Crippen molar-refractivity contribution in [1.29, 1.82) is 0 Å². The van der Waals surface area contributed by atoms with Gasteiger partial charge in [-0.1, -0.05) is 29.8 Å². The van der Waals surface area contributed by atoms with Crippen LogP contribution in [0.15, 0.2) is 24.3 Å². The Morgan fingerprint density at radius 2 is 2.00 bits per heavy atom. The summed E-state index contributed by atoms with van der Waals surface area (Å²) < 4.78 is 0. The number of aryl methyl sites for hydroxylation is 1. The van der Waals surface area contributed by atoms with Crippen LogP contribution >= 0.6 is 0 Å². The Morgan fingerprint density at radius 3 is 2.65 bits per heavy atom. The SMILES string of the molecule is Cc1cccc([C@H]2CC[C@H](N)[C@@H](N(C)C)C2)c1. The Kier molecular flexibility index (Phi) is 3.85. The summed E-state index contributed by atoms with van der Waals surface area (Å²) in [6.07, 6.45) is 3.56. The Hall–Kier alpha value is -0.860. The molecule has 3 atom stereocenters. The average Bonchev–Trinajstić information content (AvgIpc) is 2.29. The summed E-state index contributed by atoms with van der Waals surface area (Å²) in [5.41, 5.74) is 9.06. The maximum atomic E-state index is 6.21. The number of hydrogen-bond donors (Lipinski definition) is 1. The van der Waals surface area contributed by atoms with Gasteiger partial charge in [0.25, 0.3) is 0 Å². The second-order valence-electron chi connectivity index (χ2n) is 5.62. The molecule has 2 nitrogen and oxygen atoms in total. The van der Waals surface area contributed by atoms with Crippen molar-refractivity contribution in [2.75, 3.05) is 14.1 Å². The lowest BCUT2D eigenvalue weighted by Gasteiger charge is -2.38. The topological polar surface area (TPSA) is 29.3 Å². The van der Waals surface area contributed by atoms with Gasteiger partial charge in [0.2, 0.25) is 0 Å². The lowest BCUT2D eigenvalue weighted by atomic mass is 9.78. The normalized spacial score (nSPS) is 29.6. The Morgan fingerprint density at radius 1 is 1.24 bits per heavy atom. The first kappa shape index (κ1) is 12.6.